The van der Waals surface area contributed by atoms with Gasteiger partial charge in [-0.2, -0.15) is 0 Å². The minimum absolute atomic E-state index is 0.0000187. The smallest absolute Gasteiger partial charge is 0.358 e. The van der Waals surface area contributed by atoms with E-state index in [9.17, 15) is 4.79 Å². The van der Waals surface area contributed by atoms with Gasteiger partial charge < -0.3 is 19.2 Å². The molecule has 4 aromatic rings. The summed E-state index contributed by atoms with van der Waals surface area (Å²) in [5, 5.41) is 3.19. The summed E-state index contributed by atoms with van der Waals surface area (Å²) in [4.78, 5) is 21.9. The van der Waals surface area contributed by atoms with Crippen molar-refractivity contribution in [2.24, 2.45) is 0 Å². The Balaban J connectivity index is 1.76. The highest BCUT2D eigenvalue weighted by molar-refractivity contribution is 6.32. The molecule has 0 aliphatic heterocycles. The highest BCUT2D eigenvalue weighted by atomic mass is 35.5. The van der Waals surface area contributed by atoms with Crippen molar-refractivity contribution in [3.63, 3.8) is 0 Å². The molecule has 0 spiro atoms. The summed E-state index contributed by atoms with van der Waals surface area (Å²) in [6, 6.07) is 15.6. The highest BCUT2D eigenvalue weighted by Gasteiger charge is 2.23. The van der Waals surface area contributed by atoms with Crippen molar-refractivity contribution >= 4 is 29.5 Å². The van der Waals surface area contributed by atoms with Crippen molar-refractivity contribution in [3.8, 4) is 17.1 Å². The molecule has 0 bridgehead atoms. The van der Waals surface area contributed by atoms with Gasteiger partial charge in [-0.05, 0) is 29.8 Å². The molecule has 9 heteroatoms. The average molecular weight is 494 g/mol. The maximum absolute atomic E-state index is 15.2. The molecule has 0 fully saturated rings. The lowest BCUT2D eigenvalue weighted by atomic mass is 10.1. The van der Waals surface area contributed by atoms with Crippen molar-refractivity contribution in [3.05, 3.63) is 101 Å². The predicted octanol–water partition coefficient (Wildman–Crippen LogP) is 6.15. The van der Waals surface area contributed by atoms with Crippen LogP contribution in [0.3, 0.4) is 0 Å². The fourth-order valence-corrected chi connectivity index (χ4v) is 3.56. The third kappa shape index (κ3) is 5.33. The number of hydrogen-bond acceptors (Lipinski definition) is 7. The Morgan fingerprint density at radius 2 is 1.97 bits per heavy atom. The first kappa shape index (κ1) is 24.0. The number of esters is 1. The largest absolute Gasteiger partial charge is 0.492 e. The van der Waals surface area contributed by atoms with Gasteiger partial charge in [-0.15, -0.1) is 0 Å². The topological polar surface area (TPSA) is 86.5 Å². The SMILES string of the molecule is C=Cc1c(NCc2ccco2)nc(-c2ccc(Cl)c(OC)c2F)nc1C(=O)OCc1ccccc1. The van der Waals surface area contributed by atoms with Gasteiger partial charge in [-0.3, -0.25) is 0 Å². The number of furan rings is 1. The molecule has 4 rings (SSSR count). The molecule has 1 N–H and O–H groups in total. The van der Waals surface area contributed by atoms with Gasteiger partial charge in [0.25, 0.3) is 0 Å². The molecule has 178 valence electrons. The number of anilines is 1. The highest BCUT2D eigenvalue weighted by Crippen LogP contribution is 2.35. The Morgan fingerprint density at radius 1 is 1.17 bits per heavy atom. The van der Waals surface area contributed by atoms with E-state index in [1.165, 1.54) is 25.3 Å². The summed E-state index contributed by atoms with van der Waals surface area (Å²) >= 11 is 6.04. The van der Waals surface area contributed by atoms with Crippen LogP contribution < -0.4 is 10.1 Å². The molecule has 0 saturated heterocycles. The first-order chi connectivity index (χ1) is 17.0. The van der Waals surface area contributed by atoms with Crippen LogP contribution in [0.4, 0.5) is 10.2 Å². The van der Waals surface area contributed by atoms with E-state index in [0.29, 0.717) is 11.3 Å². The van der Waals surface area contributed by atoms with Gasteiger partial charge in [0.1, 0.15) is 18.2 Å². The van der Waals surface area contributed by atoms with E-state index in [1.807, 2.05) is 30.3 Å². The molecule has 2 aromatic carbocycles. The quantitative estimate of drug-likeness (QED) is 0.280. The van der Waals surface area contributed by atoms with Crippen molar-refractivity contribution in [1.29, 1.82) is 0 Å². The number of hydrogen-bond donors (Lipinski definition) is 1. The molecule has 0 aliphatic carbocycles. The molecular formula is C26H21ClFN3O4. The van der Waals surface area contributed by atoms with Crippen molar-refractivity contribution in [1.82, 2.24) is 9.97 Å². The molecule has 2 heterocycles. The van der Waals surface area contributed by atoms with Crippen LogP contribution >= 0.6 is 11.6 Å². The maximum atomic E-state index is 15.2. The van der Waals surface area contributed by atoms with Crippen molar-refractivity contribution in [2.75, 3.05) is 12.4 Å². The Morgan fingerprint density at radius 3 is 2.66 bits per heavy atom. The van der Waals surface area contributed by atoms with Gasteiger partial charge in [-0.1, -0.05) is 54.6 Å². The molecule has 2 aromatic heterocycles. The number of methoxy groups -OCH3 is 1. The van der Waals surface area contributed by atoms with Gasteiger partial charge in [-0.25, -0.2) is 19.2 Å². The lowest BCUT2D eigenvalue weighted by Crippen LogP contribution is -2.15. The van der Waals surface area contributed by atoms with Gasteiger partial charge in [0.2, 0.25) is 0 Å². The second-order valence-electron chi connectivity index (χ2n) is 7.30. The zero-order chi connectivity index (χ0) is 24.8. The second kappa shape index (κ2) is 10.8. The fraction of sp³-hybridized carbons (Fsp3) is 0.115. The molecular weight excluding hydrogens is 473 g/mol. The van der Waals surface area contributed by atoms with Crippen molar-refractivity contribution in [2.45, 2.75) is 13.2 Å². The number of benzene rings is 2. The van der Waals surface area contributed by atoms with Crippen LogP contribution in [0.5, 0.6) is 5.75 Å². The van der Waals surface area contributed by atoms with Crippen LogP contribution in [0.1, 0.15) is 27.4 Å². The van der Waals surface area contributed by atoms with E-state index in [0.717, 1.165) is 5.56 Å². The number of halogens is 2. The van der Waals surface area contributed by atoms with E-state index in [-0.39, 0.29) is 46.8 Å². The monoisotopic (exact) mass is 493 g/mol. The van der Waals surface area contributed by atoms with E-state index < -0.39 is 11.8 Å². The number of ether oxygens (including phenoxy) is 2. The van der Waals surface area contributed by atoms with Crippen LogP contribution in [0, 0.1) is 5.82 Å². The summed E-state index contributed by atoms with van der Waals surface area (Å²) in [7, 11) is 1.30. The molecule has 0 saturated carbocycles. The molecule has 0 unspecified atom stereocenters. The summed E-state index contributed by atoms with van der Waals surface area (Å²) < 4.78 is 31.1. The minimum atomic E-state index is -0.757. The zero-order valence-corrected chi connectivity index (χ0v) is 19.5. The molecule has 35 heavy (non-hydrogen) atoms. The van der Waals surface area contributed by atoms with Gasteiger partial charge in [0.05, 0.1) is 30.5 Å². The van der Waals surface area contributed by atoms with Gasteiger partial charge in [0, 0.05) is 5.56 Å². The molecule has 7 nitrogen and oxygen atoms in total. The Kier molecular flexibility index (Phi) is 7.42. The molecule has 0 amide bonds. The third-order valence-corrected chi connectivity index (χ3v) is 5.36. The first-order valence-corrected chi connectivity index (χ1v) is 10.9. The standard InChI is InChI=1S/C26H21ClFN3O4/c1-3-18-22(26(32)35-15-16-8-5-4-6-9-16)30-25(19-11-12-20(27)23(33-2)21(19)28)31-24(18)29-14-17-10-7-13-34-17/h3-13H,1,14-15H2,2H3,(H,29,30,31). The Bertz CT molecular complexity index is 1340. The second-order valence-corrected chi connectivity index (χ2v) is 7.71. The summed E-state index contributed by atoms with van der Waals surface area (Å²) in [6.07, 6.45) is 2.98. The van der Waals surface area contributed by atoms with Crippen LogP contribution in [0.25, 0.3) is 17.5 Å². The van der Waals surface area contributed by atoms with Crippen LogP contribution in [-0.4, -0.2) is 23.0 Å². The average Bonchev–Trinajstić information content (AvgIpc) is 3.40. The van der Waals surface area contributed by atoms with Crippen LogP contribution in [0.2, 0.25) is 5.02 Å². The van der Waals surface area contributed by atoms with Gasteiger partial charge >= 0.3 is 5.97 Å². The minimum Gasteiger partial charge on any atom is -0.492 e. The zero-order valence-electron chi connectivity index (χ0n) is 18.8. The van der Waals surface area contributed by atoms with E-state index in [2.05, 4.69) is 21.9 Å². The number of rotatable bonds is 9. The predicted molar refractivity (Wildman–Crippen MR) is 131 cm³/mol. The summed E-state index contributed by atoms with van der Waals surface area (Å²) in [5.74, 6) is -0.800. The van der Waals surface area contributed by atoms with E-state index in [4.69, 9.17) is 25.5 Å². The summed E-state index contributed by atoms with van der Waals surface area (Å²) in [6.45, 7) is 4.09. The Hall–Kier alpha value is -4.17. The molecule has 0 atom stereocenters. The van der Waals surface area contributed by atoms with Crippen LogP contribution in [0.15, 0.2) is 71.9 Å². The van der Waals surface area contributed by atoms with Crippen molar-refractivity contribution < 1.29 is 23.1 Å². The Labute approximate surface area is 206 Å². The maximum Gasteiger partial charge on any atom is 0.358 e. The molecule has 0 radical (unpaired) electrons. The summed E-state index contributed by atoms with van der Waals surface area (Å²) in [5.41, 5.74) is 1.04. The lowest BCUT2D eigenvalue weighted by molar-refractivity contribution is 0.0465. The third-order valence-electron chi connectivity index (χ3n) is 5.06. The van der Waals surface area contributed by atoms with Gasteiger partial charge in [0.15, 0.2) is 23.1 Å². The van der Waals surface area contributed by atoms with E-state index >= 15 is 4.39 Å². The normalized spacial score (nSPS) is 10.6. The number of carbonyl (C=O) groups is 1. The first-order valence-electron chi connectivity index (χ1n) is 10.6. The van der Waals surface area contributed by atoms with E-state index in [1.54, 1.807) is 18.4 Å². The number of carbonyl (C=O) groups excluding carboxylic acids is 1. The lowest BCUT2D eigenvalue weighted by Gasteiger charge is -2.15. The van der Waals surface area contributed by atoms with Crippen LogP contribution in [-0.2, 0) is 17.9 Å². The fourth-order valence-electron chi connectivity index (χ4n) is 3.34. The molecule has 0 aliphatic rings. The number of nitrogens with zero attached hydrogens (tertiary/aromatic N) is 2. The number of aromatic nitrogens is 2. The number of nitrogens with one attached hydrogen (secondary N) is 1.